The summed E-state index contributed by atoms with van der Waals surface area (Å²) in [5.41, 5.74) is 2.14. The standard InChI is InChI=1S/C20H24F2N6O/c1-24-11-14(10-23)26-19-25-7-6-17(27-19)12-8-15-4-5-16(9-12)28(15)18(29)20(21,22)13-2-3-13/h6-8,10-11,13,15-16,23-24H,2-5,9H2,1H3,(H,25,26,27)/b14-11+,23-10?. The molecule has 1 aromatic rings. The molecule has 7 nitrogen and oxygen atoms in total. The predicted molar refractivity (Wildman–Crippen MR) is 106 cm³/mol. The molecular weight excluding hydrogens is 378 g/mol. The van der Waals surface area contributed by atoms with E-state index >= 15 is 0 Å². The van der Waals surface area contributed by atoms with Gasteiger partial charge in [0, 0.05) is 37.6 Å². The summed E-state index contributed by atoms with van der Waals surface area (Å²) in [6.07, 6.45) is 9.06. The van der Waals surface area contributed by atoms with Crippen LogP contribution in [0.2, 0.25) is 0 Å². The van der Waals surface area contributed by atoms with Gasteiger partial charge >= 0.3 is 5.92 Å². The van der Waals surface area contributed by atoms with Gasteiger partial charge in [-0.2, -0.15) is 8.78 Å². The first kappa shape index (κ1) is 19.5. The van der Waals surface area contributed by atoms with Gasteiger partial charge in [-0.05, 0) is 43.7 Å². The molecule has 2 bridgehead atoms. The van der Waals surface area contributed by atoms with Crippen molar-refractivity contribution in [2.75, 3.05) is 12.4 Å². The van der Waals surface area contributed by atoms with Gasteiger partial charge in [0.25, 0.3) is 5.91 Å². The third-order valence-electron chi connectivity index (χ3n) is 5.70. The lowest BCUT2D eigenvalue weighted by Crippen LogP contribution is -2.51. The Balaban J connectivity index is 1.54. The van der Waals surface area contributed by atoms with E-state index in [0.717, 1.165) is 18.2 Å². The molecule has 0 spiro atoms. The topological polar surface area (TPSA) is 94.0 Å². The maximum atomic E-state index is 14.4. The number of hydrogen-bond acceptors (Lipinski definition) is 6. The number of alkyl halides is 2. The Morgan fingerprint density at radius 2 is 2.14 bits per heavy atom. The van der Waals surface area contributed by atoms with Crippen LogP contribution >= 0.6 is 0 Å². The largest absolute Gasteiger partial charge is 0.392 e. The molecule has 29 heavy (non-hydrogen) atoms. The Morgan fingerprint density at radius 3 is 2.79 bits per heavy atom. The summed E-state index contributed by atoms with van der Waals surface area (Å²) < 4.78 is 28.8. The fourth-order valence-electron chi connectivity index (χ4n) is 4.13. The van der Waals surface area contributed by atoms with Crippen molar-refractivity contribution in [1.82, 2.24) is 20.2 Å². The highest BCUT2D eigenvalue weighted by molar-refractivity contribution is 5.86. The summed E-state index contributed by atoms with van der Waals surface area (Å²) in [5.74, 6) is -4.70. The van der Waals surface area contributed by atoms with Crippen molar-refractivity contribution in [1.29, 1.82) is 5.41 Å². The average molecular weight is 402 g/mol. The molecule has 154 valence electrons. The average Bonchev–Trinajstić information content (AvgIpc) is 3.53. The second-order valence-electron chi connectivity index (χ2n) is 7.73. The van der Waals surface area contributed by atoms with E-state index in [9.17, 15) is 13.6 Å². The molecule has 1 saturated carbocycles. The lowest BCUT2D eigenvalue weighted by molar-refractivity contribution is -0.163. The summed E-state index contributed by atoms with van der Waals surface area (Å²) in [5, 5.41) is 13.2. The van der Waals surface area contributed by atoms with Crippen molar-refractivity contribution in [3.8, 4) is 0 Å². The normalized spacial score (nSPS) is 24.2. The molecule has 3 N–H and O–H groups in total. The molecule has 2 atom stereocenters. The van der Waals surface area contributed by atoms with E-state index in [2.05, 4.69) is 20.6 Å². The molecule has 1 saturated heterocycles. The lowest BCUT2D eigenvalue weighted by Gasteiger charge is -2.36. The van der Waals surface area contributed by atoms with Gasteiger partial charge in [0.1, 0.15) is 0 Å². The number of amides is 1. The second-order valence-corrected chi connectivity index (χ2v) is 7.73. The monoisotopic (exact) mass is 402 g/mol. The molecule has 0 radical (unpaired) electrons. The number of carbonyl (C=O) groups excluding carboxylic acids is 1. The van der Waals surface area contributed by atoms with Gasteiger partial charge in [-0.3, -0.25) is 4.79 Å². The van der Waals surface area contributed by atoms with Crippen LogP contribution in [0.15, 0.2) is 30.2 Å². The third-order valence-corrected chi connectivity index (χ3v) is 5.70. The third kappa shape index (κ3) is 3.73. The van der Waals surface area contributed by atoms with Gasteiger partial charge in [0.2, 0.25) is 5.95 Å². The van der Waals surface area contributed by atoms with Crippen molar-refractivity contribution < 1.29 is 13.6 Å². The Morgan fingerprint density at radius 1 is 1.34 bits per heavy atom. The highest BCUT2D eigenvalue weighted by Crippen LogP contribution is 2.47. The quantitative estimate of drug-likeness (QED) is 0.610. The maximum Gasteiger partial charge on any atom is 0.327 e. The van der Waals surface area contributed by atoms with Crippen LogP contribution in [0, 0.1) is 11.3 Å². The van der Waals surface area contributed by atoms with Gasteiger partial charge in [0.15, 0.2) is 0 Å². The Labute approximate surface area is 167 Å². The molecule has 2 fully saturated rings. The number of carbonyl (C=O) groups is 1. The smallest absolute Gasteiger partial charge is 0.327 e. The van der Waals surface area contributed by atoms with E-state index < -0.39 is 17.7 Å². The van der Waals surface area contributed by atoms with Crippen molar-refractivity contribution >= 4 is 23.6 Å². The maximum absolute atomic E-state index is 14.4. The summed E-state index contributed by atoms with van der Waals surface area (Å²) in [6.45, 7) is 0. The Hall–Kier alpha value is -2.84. The number of nitrogens with zero attached hydrogens (tertiary/aromatic N) is 3. The number of halogens is 2. The van der Waals surface area contributed by atoms with Gasteiger partial charge in [-0.25, -0.2) is 9.97 Å². The van der Waals surface area contributed by atoms with E-state index in [1.54, 1.807) is 25.5 Å². The molecule has 1 amide bonds. The molecule has 2 aliphatic heterocycles. The number of fused-ring (bicyclic) bond motifs is 2. The fourth-order valence-corrected chi connectivity index (χ4v) is 4.13. The second kappa shape index (κ2) is 7.53. The number of nitrogens with one attached hydrogen (secondary N) is 3. The molecule has 4 rings (SSSR count). The number of anilines is 1. The van der Waals surface area contributed by atoms with E-state index in [4.69, 9.17) is 5.41 Å². The van der Waals surface area contributed by atoms with Crippen LogP contribution in [0.4, 0.5) is 14.7 Å². The Bertz CT molecular complexity index is 879. The van der Waals surface area contributed by atoms with Crippen LogP contribution in [-0.4, -0.2) is 52.0 Å². The van der Waals surface area contributed by atoms with Gasteiger partial charge in [0.05, 0.1) is 17.4 Å². The Kier molecular flexibility index (Phi) is 5.06. The summed E-state index contributed by atoms with van der Waals surface area (Å²) in [7, 11) is 1.73. The summed E-state index contributed by atoms with van der Waals surface area (Å²) >= 11 is 0. The van der Waals surface area contributed by atoms with E-state index in [0.29, 0.717) is 43.0 Å². The van der Waals surface area contributed by atoms with Crippen molar-refractivity contribution in [2.24, 2.45) is 5.92 Å². The van der Waals surface area contributed by atoms with Gasteiger partial charge < -0.3 is 20.9 Å². The van der Waals surface area contributed by atoms with Crippen LogP contribution in [0.25, 0.3) is 5.57 Å². The summed E-state index contributed by atoms with van der Waals surface area (Å²) in [4.78, 5) is 22.6. The molecular formula is C20H24F2N6O. The molecule has 3 heterocycles. The fraction of sp³-hybridized carbons (Fsp3) is 0.500. The zero-order valence-corrected chi connectivity index (χ0v) is 16.2. The SMILES string of the molecule is CN/C=C(\C=N)Nc1nccc(C2=CC3CCC(C2)N3C(=O)C(F)(F)C2CC2)n1. The highest BCUT2D eigenvalue weighted by Gasteiger charge is 2.57. The van der Waals surface area contributed by atoms with Crippen LogP contribution in [0.1, 0.15) is 37.8 Å². The molecule has 1 aromatic heterocycles. The zero-order chi connectivity index (χ0) is 20.6. The number of allylic oxidation sites excluding steroid dienone is 1. The molecule has 0 aromatic carbocycles. The van der Waals surface area contributed by atoms with Crippen LogP contribution in [0.5, 0.6) is 0 Å². The minimum atomic E-state index is -3.25. The first-order chi connectivity index (χ1) is 13.9. The predicted octanol–water partition coefficient (Wildman–Crippen LogP) is 2.79. The van der Waals surface area contributed by atoms with Crippen LogP contribution in [0.3, 0.4) is 0 Å². The molecule has 9 heteroatoms. The number of aromatic nitrogens is 2. The number of hydrogen-bond donors (Lipinski definition) is 3. The van der Waals surface area contributed by atoms with E-state index in [1.807, 2.05) is 6.08 Å². The zero-order valence-electron chi connectivity index (χ0n) is 16.2. The van der Waals surface area contributed by atoms with Crippen molar-refractivity contribution in [2.45, 2.75) is 50.1 Å². The minimum absolute atomic E-state index is 0.218. The van der Waals surface area contributed by atoms with Crippen LogP contribution < -0.4 is 10.6 Å². The van der Waals surface area contributed by atoms with E-state index in [-0.39, 0.29) is 12.1 Å². The van der Waals surface area contributed by atoms with Gasteiger partial charge in [-0.15, -0.1) is 0 Å². The molecule has 1 aliphatic carbocycles. The lowest BCUT2D eigenvalue weighted by atomic mass is 9.97. The van der Waals surface area contributed by atoms with Gasteiger partial charge in [-0.1, -0.05) is 6.08 Å². The molecule has 2 unspecified atom stereocenters. The van der Waals surface area contributed by atoms with Crippen molar-refractivity contribution in [3.05, 3.63) is 35.9 Å². The minimum Gasteiger partial charge on any atom is -0.392 e. The first-order valence-electron chi connectivity index (χ1n) is 9.83. The first-order valence-corrected chi connectivity index (χ1v) is 9.83. The van der Waals surface area contributed by atoms with E-state index in [1.165, 1.54) is 4.90 Å². The highest BCUT2D eigenvalue weighted by atomic mass is 19.3. The number of rotatable bonds is 7. The summed E-state index contributed by atoms with van der Waals surface area (Å²) in [6, 6.07) is 1.25. The van der Waals surface area contributed by atoms with Crippen LogP contribution in [-0.2, 0) is 4.79 Å². The van der Waals surface area contributed by atoms with Crippen molar-refractivity contribution in [3.63, 3.8) is 0 Å². The molecule has 3 aliphatic rings.